The summed E-state index contributed by atoms with van der Waals surface area (Å²) < 4.78 is 77.4. The number of phenols is 2. The lowest BCUT2D eigenvalue weighted by atomic mass is 10.1. The molecule has 0 saturated heterocycles. The third kappa shape index (κ3) is 11.6. The van der Waals surface area contributed by atoms with E-state index >= 15 is 0 Å². The summed E-state index contributed by atoms with van der Waals surface area (Å²) in [6, 6.07) is 38.8. The first-order valence-corrected chi connectivity index (χ1v) is 23.1. The standard InChI is InChI=1S/C48H50O10S2/c1-3-5-7-9-47(57-41-23-31-45(32-24-41)59(51,52)43-27-15-37(49)16-28-43)55-39-19-11-35(12-20-39)36-13-21-40(22-14-36)56-48(10-8-6-4-2)58-42-25-33-46(34-26-42)60(53,54)44-29-17-38(50)18-30-44/h11-34,47-50H,3-10H2,1-2H3. The Morgan fingerprint density at radius 2 is 0.633 bits per heavy atom. The molecule has 0 radical (unpaired) electrons. The molecule has 314 valence electrons. The van der Waals surface area contributed by atoms with E-state index in [-0.39, 0.29) is 31.1 Å². The SMILES string of the molecule is CCCCCC(Oc1ccc(-c2ccc(OC(CCCCC)Oc3ccc(S(=O)(=O)c4ccc(O)cc4)cc3)cc2)cc1)Oc1ccc(S(=O)(=O)c2ccc(O)cc2)cc1. The van der Waals surface area contributed by atoms with Crippen molar-refractivity contribution in [3.05, 3.63) is 146 Å². The van der Waals surface area contributed by atoms with Crippen LogP contribution in [0.25, 0.3) is 11.1 Å². The summed E-state index contributed by atoms with van der Waals surface area (Å²) in [5.74, 6) is 2.20. The van der Waals surface area contributed by atoms with Crippen LogP contribution < -0.4 is 18.9 Å². The fourth-order valence-electron chi connectivity index (χ4n) is 6.38. The molecule has 10 nitrogen and oxygen atoms in total. The highest BCUT2D eigenvalue weighted by Gasteiger charge is 2.21. The van der Waals surface area contributed by atoms with E-state index in [9.17, 15) is 27.0 Å². The van der Waals surface area contributed by atoms with Gasteiger partial charge in [0.25, 0.3) is 0 Å². The van der Waals surface area contributed by atoms with Gasteiger partial charge in [-0.1, -0.05) is 63.8 Å². The van der Waals surface area contributed by atoms with Crippen LogP contribution in [0.1, 0.15) is 65.2 Å². The number of phenolic OH excluding ortho intramolecular Hbond substituents is 2. The summed E-state index contributed by atoms with van der Waals surface area (Å²) in [5, 5.41) is 19.1. The van der Waals surface area contributed by atoms with Crippen molar-refractivity contribution in [2.24, 2.45) is 0 Å². The monoisotopic (exact) mass is 850 g/mol. The molecule has 6 rings (SSSR count). The van der Waals surface area contributed by atoms with Crippen molar-refractivity contribution in [3.8, 4) is 45.6 Å². The van der Waals surface area contributed by atoms with E-state index in [0.717, 1.165) is 49.7 Å². The first kappa shape index (κ1) is 43.6. The molecule has 0 heterocycles. The van der Waals surface area contributed by atoms with Crippen LogP contribution in [-0.4, -0.2) is 39.6 Å². The highest BCUT2D eigenvalue weighted by Crippen LogP contribution is 2.30. The van der Waals surface area contributed by atoms with Crippen molar-refractivity contribution in [1.82, 2.24) is 0 Å². The average Bonchev–Trinajstić information content (AvgIpc) is 3.25. The first-order valence-electron chi connectivity index (χ1n) is 20.1. The summed E-state index contributed by atoms with van der Waals surface area (Å²) in [5.41, 5.74) is 1.95. The van der Waals surface area contributed by atoms with E-state index in [2.05, 4.69) is 13.8 Å². The number of ether oxygens (including phenoxy) is 4. The molecule has 0 aromatic heterocycles. The van der Waals surface area contributed by atoms with Crippen molar-refractivity contribution in [2.45, 2.75) is 97.4 Å². The Labute approximate surface area is 352 Å². The van der Waals surface area contributed by atoms with E-state index in [0.29, 0.717) is 35.8 Å². The van der Waals surface area contributed by atoms with Gasteiger partial charge in [0, 0.05) is 12.8 Å². The maximum absolute atomic E-state index is 13.1. The molecule has 0 spiro atoms. The molecule has 0 aliphatic heterocycles. The van der Waals surface area contributed by atoms with Gasteiger partial charge in [0.15, 0.2) is 0 Å². The van der Waals surface area contributed by atoms with E-state index in [4.69, 9.17) is 18.9 Å². The zero-order chi connectivity index (χ0) is 42.5. The Balaban J connectivity index is 1.08. The maximum atomic E-state index is 13.1. The van der Waals surface area contributed by atoms with Crippen LogP contribution in [0.2, 0.25) is 0 Å². The van der Waals surface area contributed by atoms with Gasteiger partial charge in [0.1, 0.15) is 34.5 Å². The molecule has 60 heavy (non-hydrogen) atoms. The molecular formula is C48H50O10S2. The molecule has 0 aliphatic carbocycles. The minimum Gasteiger partial charge on any atom is -0.508 e. The van der Waals surface area contributed by atoms with E-state index < -0.39 is 32.3 Å². The zero-order valence-electron chi connectivity index (χ0n) is 33.6. The fraction of sp³-hybridized carbons (Fsp3) is 0.250. The lowest BCUT2D eigenvalue weighted by molar-refractivity contribution is -0.00276. The van der Waals surface area contributed by atoms with Crippen LogP contribution in [0, 0.1) is 0 Å². The molecule has 0 saturated carbocycles. The van der Waals surface area contributed by atoms with E-state index in [1.165, 1.54) is 72.8 Å². The van der Waals surface area contributed by atoms with Gasteiger partial charge in [-0.3, -0.25) is 0 Å². The van der Waals surface area contributed by atoms with Gasteiger partial charge in [0.05, 0.1) is 19.6 Å². The molecule has 12 heteroatoms. The number of hydrogen-bond donors (Lipinski definition) is 2. The van der Waals surface area contributed by atoms with Crippen molar-refractivity contribution < 1.29 is 46.0 Å². The predicted molar refractivity (Wildman–Crippen MR) is 230 cm³/mol. The quantitative estimate of drug-likeness (QED) is 0.0530. The summed E-state index contributed by atoms with van der Waals surface area (Å²) >= 11 is 0. The van der Waals surface area contributed by atoms with E-state index in [1.54, 1.807) is 24.3 Å². The molecule has 0 bridgehead atoms. The normalized spacial score (nSPS) is 12.6. The number of aromatic hydroxyl groups is 2. The van der Waals surface area contributed by atoms with Gasteiger partial charge >= 0.3 is 0 Å². The number of rotatable bonds is 21. The van der Waals surface area contributed by atoms with Crippen molar-refractivity contribution in [2.75, 3.05) is 0 Å². The summed E-state index contributed by atoms with van der Waals surface area (Å²) in [6.45, 7) is 4.25. The van der Waals surface area contributed by atoms with Crippen molar-refractivity contribution in [3.63, 3.8) is 0 Å². The highest BCUT2D eigenvalue weighted by molar-refractivity contribution is 7.91. The fourth-order valence-corrected chi connectivity index (χ4v) is 8.90. The second-order valence-electron chi connectivity index (χ2n) is 14.3. The molecular weight excluding hydrogens is 801 g/mol. The summed E-state index contributed by atoms with van der Waals surface area (Å²) in [6.07, 6.45) is 5.98. The smallest absolute Gasteiger partial charge is 0.241 e. The molecule has 0 amide bonds. The van der Waals surface area contributed by atoms with Gasteiger partial charge in [-0.05, 0) is 145 Å². The molecule has 6 aromatic rings. The van der Waals surface area contributed by atoms with Gasteiger partial charge in [-0.15, -0.1) is 0 Å². The Bertz CT molecular complexity index is 2290. The van der Waals surface area contributed by atoms with Crippen molar-refractivity contribution in [1.29, 1.82) is 0 Å². The number of sulfone groups is 2. The van der Waals surface area contributed by atoms with Gasteiger partial charge in [-0.25, -0.2) is 16.8 Å². The average molecular weight is 851 g/mol. The van der Waals surface area contributed by atoms with Gasteiger partial charge in [0.2, 0.25) is 32.3 Å². The summed E-state index contributed by atoms with van der Waals surface area (Å²) in [7, 11) is -7.52. The maximum Gasteiger partial charge on any atom is 0.241 e. The molecule has 6 aromatic carbocycles. The van der Waals surface area contributed by atoms with Gasteiger partial charge < -0.3 is 29.2 Å². The van der Waals surface area contributed by atoms with Crippen LogP contribution in [0.15, 0.2) is 165 Å². The third-order valence-corrected chi connectivity index (χ3v) is 13.3. The molecule has 2 atom stereocenters. The molecule has 2 unspecified atom stereocenters. The topological polar surface area (TPSA) is 146 Å². The summed E-state index contributed by atoms with van der Waals surface area (Å²) in [4.78, 5) is 0.409. The second-order valence-corrected chi connectivity index (χ2v) is 18.2. The van der Waals surface area contributed by atoms with Crippen LogP contribution in [0.4, 0.5) is 0 Å². The lowest BCUT2D eigenvalue weighted by Gasteiger charge is -2.21. The number of hydrogen-bond acceptors (Lipinski definition) is 10. The number of benzene rings is 6. The minimum absolute atomic E-state index is 0.00934. The van der Waals surface area contributed by atoms with Crippen LogP contribution in [-0.2, 0) is 19.7 Å². The molecule has 0 aliphatic rings. The molecule has 2 N–H and O–H groups in total. The van der Waals surface area contributed by atoms with Crippen LogP contribution in [0.5, 0.6) is 34.5 Å². The predicted octanol–water partition coefficient (Wildman–Crippen LogP) is 11.2. The minimum atomic E-state index is -3.76. The van der Waals surface area contributed by atoms with Crippen molar-refractivity contribution >= 4 is 19.7 Å². The van der Waals surface area contributed by atoms with Gasteiger partial charge in [-0.2, -0.15) is 0 Å². The largest absolute Gasteiger partial charge is 0.508 e. The Hall–Kier alpha value is -5.98. The second kappa shape index (κ2) is 20.3. The Kier molecular flexibility index (Phi) is 14.8. The zero-order valence-corrected chi connectivity index (χ0v) is 35.3. The number of unbranched alkanes of at least 4 members (excludes halogenated alkanes) is 4. The van der Waals surface area contributed by atoms with E-state index in [1.807, 2.05) is 48.5 Å². The van der Waals surface area contributed by atoms with Crippen LogP contribution >= 0.6 is 0 Å². The van der Waals surface area contributed by atoms with Crippen LogP contribution in [0.3, 0.4) is 0 Å². The molecule has 0 fully saturated rings. The Morgan fingerprint density at radius 3 is 0.900 bits per heavy atom. The first-order chi connectivity index (χ1) is 28.9. The highest BCUT2D eigenvalue weighted by atomic mass is 32.2. The third-order valence-electron chi connectivity index (χ3n) is 9.76. The Morgan fingerprint density at radius 1 is 0.383 bits per heavy atom. The lowest BCUT2D eigenvalue weighted by Crippen LogP contribution is -2.24.